The van der Waals surface area contributed by atoms with E-state index in [0.29, 0.717) is 5.56 Å². The van der Waals surface area contributed by atoms with Gasteiger partial charge in [-0.05, 0) is 86.9 Å². The summed E-state index contributed by atoms with van der Waals surface area (Å²) >= 11 is 0. The van der Waals surface area contributed by atoms with E-state index in [2.05, 4.69) is 4.72 Å². The van der Waals surface area contributed by atoms with E-state index in [1.165, 1.54) is 37.3 Å². The highest BCUT2D eigenvalue weighted by Gasteiger charge is 2.24. The highest BCUT2D eigenvalue weighted by atomic mass is 32.2. The van der Waals surface area contributed by atoms with Crippen molar-refractivity contribution in [2.24, 2.45) is 0 Å². The number of hydrogen-bond donors (Lipinski definition) is 1. The second kappa shape index (κ2) is 15.4. The van der Waals surface area contributed by atoms with Crippen molar-refractivity contribution < 1.29 is 45.1 Å². The van der Waals surface area contributed by atoms with E-state index in [0.717, 1.165) is 17.7 Å². The van der Waals surface area contributed by atoms with Crippen molar-refractivity contribution in [2.75, 3.05) is 19.8 Å². The fraction of sp³-hybridized carbons (Fsp3) is 0.300. The largest absolute Gasteiger partial charge is 0.463 e. The highest BCUT2D eigenvalue weighted by Crippen LogP contribution is 2.51. The number of ether oxygens (including phenoxy) is 2. The molecule has 0 fully saturated rings. The summed E-state index contributed by atoms with van der Waals surface area (Å²) in [4.78, 5) is 11.7. The van der Waals surface area contributed by atoms with Gasteiger partial charge < -0.3 is 18.5 Å². The molecule has 43 heavy (non-hydrogen) atoms. The zero-order chi connectivity index (χ0) is 31.6. The average Bonchev–Trinajstić information content (AvgIpc) is 2.95. The Morgan fingerprint density at radius 3 is 1.98 bits per heavy atom. The third-order valence-corrected chi connectivity index (χ3v) is 9.35. The maximum atomic E-state index is 14.7. The standard InChI is InChI=1S/C30H34F2NO8PS/c1-5-38-30(34)21(4)16-24-17-27(31)29(28(32)18-24)41-25-12-14-26(15-13-25)43(36,37)33-19-22-8-10-23(11-9-22)20-42(35,39-6-2)40-7-3/h8-18,33H,5-7,19-20H2,1-4H3/b21-16+. The maximum Gasteiger partial charge on any atom is 0.335 e. The predicted molar refractivity (Wildman–Crippen MR) is 158 cm³/mol. The van der Waals surface area contributed by atoms with Gasteiger partial charge in [-0.25, -0.2) is 26.7 Å². The molecule has 1 N–H and O–H groups in total. The van der Waals surface area contributed by atoms with E-state index in [1.807, 2.05) is 0 Å². The smallest absolute Gasteiger partial charge is 0.335 e. The fourth-order valence-corrected chi connectivity index (χ4v) is 6.61. The first-order chi connectivity index (χ1) is 20.4. The van der Waals surface area contributed by atoms with Gasteiger partial charge in [0.25, 0.3) is 0 Å². The lowest BCUT2D eigenvalue weighted by molar-refractivity contribution is -0.138. The molecular weight excluding hydrogens is 603 g/mol. The average molecular weight is 638 g/mol. The maximum absolute atomic E-state index is 14.7. The highest BCUT2D eigenvalue weighted by molar-refractivity contribution is 7.89. The topological polar surface area (TPSA) is 117 Å². The zero-order valence-corrected chi connectivity index (χ0v) is 26.0. The number of carbonyl (C=O) groups is 1. The third kappa shape index (κ3) is 9.80. The van der Waals surface area contributed by atoms with Crippen LogP contribution >= 0.6 is 7.60 Å². The van der Waals surface area contributed by atoms with Gasteiger partial charge in [0.05, 0.1) is 30.9 Å². The molecule has 0 radical (unpaired) electrons. The Morgan fingerprint density at radius 1 is 0.884 bits per heavy atom. The molecule has 0 unspecified atom stereocenters. The van der Waals surface area contributed by atoms with Crippen LogP contribution in [0, 0.1) is 11.6 Å². The lowest BCUT2D eigenvalue weighted by Crippen LogP contribution is -2.23. The van der Waals surface area contributed by atoms with Gasteiger partial charge in [0.2, 0.25) is 10.0 Å². The SMILES string of the molecule is CCOC(=O)/C(C)=C/c1cc(F)c(Oc2ccc(S(=O)(=O)NCc3ccc(CP(=O)(OCC)OCC)cc3)cc2)c(F)c1. The monoisotopic (exact) mass is 637 g/mol. The molecule has 0 heterocycles. The summed E-state index contributed by atoms with van der Waals surface area (Å²) in [7, 11) is -7.19. The molecule has 0 bridgehead atoms. The number of benzene rings is 3. The molecule has 3 aromatic rings. The van der Waals surface area contributed by atoms with E-state index < -0.39 is 41.0 Å². The molecule has 13 heteroatoms. The molecule has 0 aliphatic heterocycles. The minimum Gasteiger partial charge on any atom is -0.463 e. The molecule has 0 aromatic heterocycles. The van der Waals surface area contributed by atoms with Crippen LogP contribution in [0.2, 0.25) is 0 Å². The van der Waals surface area contributed by atoms with Crippen molar-refractivity contribution in [3.63, 3.8) is 0 Å². The minimum atomic E-state index is -3.93. The molecule has 0 atom stereocenters. The van der Waals surface area contributed by atoms with Crippen molar-refractivity contribution in [1.82, 2.24) is 4.72 Å². The normalized spacial score (nSPS) is 12.3. The molecule has 0 saturated heterocycles. The van der Waals surface area contributed by atoms with Crippen molar-refractivity contribution in [3.8, 4) is 11.5 Å². The number of carbonyl (C=O) groups excluding carboxylic acids is 1. The van der Waals surface area contributed by atoms with Crippen LogP contribution < -0.4 is 9.46 Å². The van der Waals surface area contributed by atoms with E-state index >= 15 is 0 Å². The van der Waals surface area contributed by atoms with Crippen LogP contribution in [-0.2, 0) is 45.9 Å². The van der Waals surface area contributed by atoms with E-state index in [1.54, 1.807) is 45.0 Å². The molecule has 0 amide bonds. The van der Waals surface area contributed by atoms with Gasteiger partial charge in [-0.15, -0.1) is 0 Å². The lowest BCUT2D eigenvalue weighted by atomic mass is 10.1. The van der Waals surface area contributed by atoms with Crippen LogP contribution in [0.3, 0.4) is 0 Å². The van der Waals surface area contributed by atoms with Gasteiger partial charge in [0.1, 0.15) is 5.75 Å². The second-order valence-corrected chi connectivity index (χ2v) is 13.0. The van der Waals surface area contributed by atoms with Gasteiger partial charge in [-0.1, -0.05) is 24.3 Å². The molecule has 0 aliphatic carbocycles. The Hall–Kier alpha value is -3.41. The van der Waals surface area contributed by atoms with Crippen LogP contribution in [0.1, 0.15) is 44.4 Å². The Kier molecular flexibility index (Phi) is 12.2. The summed E-state index contributed by atoms with van der Waals surface area (Å²) in [5, 5.41) is 0. The second-order valence-electron chi connectivity index (χ2n) is 9.18. The number of nitrogens with one attached hydrogen (secondary N) is 1. The first kappa shape index (κ1) is 34.1. The van der Waals surface area contributed by atoms with Crippen LogP contribution in [-0.4, -0.2) is 34.2 Å². The van der Waals surface area contributed by atoms with E-state index in [4.69, 9.17) is 18.5 Å². The summed E-state index contributed by atoms with van der Waals surface area (Å²) in [5.74, 6) is -3.29. The van der Waals surface area contributed by atoms with Gasteiger partial charge in [0, 0.05) is 12.1 Å². The summed E-state index contributed by atoms with van der Waals surface area (Å²) in [5.41, 5.74) is 1.66. The van der Waals surface area contributed by atoms with Crippen LogP contribution in [0.25, 0.3) is 6.08 Å². The molecule has 0 spiro atoms. The Morgan fingerprint density at radius 2 is 1.44 bits per heavy atom. The number of halogens is 2. The summed E-state index contributed by atoms with van der Waals surface area (Å²) in [6, 6.07) is 13.9. The van der Waals surface area contributed by atoms with Crippen LogP contribution in [0.15, 0.2) is 71.1 Å². The molecular formula is C30H34F2NO8PS. The van der Waals surface area contributed by atoms with Gasteiger partial charge >= 0.3 is 13.6 Å². The Labute approximate surface area is 250 Å². The molecule has 0 saturated carbocycles. The lowest BCUT2D eigenvalue weighted by Gasteiger charge is -2.17. The minimum absolute atomic E-state index is 0.00901. The van der Waals surface area contributed by atoms with E-state index in [-0.39, 0.29) is 54.3 Å². The molecule has 3 aromatic carbocycles. The Bertz CT molecular complexity index is 1560. The molecule has 0 aliphatic rings. The van der Waals surface area contributed by atoms with Crippen molar-refractivity contribution in [2.45, 2.75) is 45.3 Å². The third-order valence-electron chi connectivity index (χ3n) is 5.87. The van der Waals surface area contributed by atoms with Crippen LogP contribution in [0.5, 0.6) is 11.5 Å². The van der Waals surface area contributed by atoms with Gasteiger partial charge in [0.15, 0.2) is 17.4 Å². The molecule has 9 nitrogen and oxygen atoms in total. The Balaban J connectivity index is 1.64. The number of sulfonamides is 1. The van der Waals surface area contributed by atoms with Crippen molar-refractivity contribution >= 4 is 29.7 Å². The van der Waals surface area contributed by atoms with Gasteiger partial charge in [-0.2, -0.15) is 0 Å². The predicted octanol–water partition coefficient (Wildman–Crippen LogP) is 6.97. The zero-order valence-electron chi connectivity index (χ0n) is 24.3. The van der Waals surface area contributed by atoms with Crippen LogP contribution in [0.4, 0.5) is 8.78 Å². The van der Waals surface area contributed by atoms with Gasteiger partial charge in [-0.3, -0.25) is 4.57 Å². The molecule has 3 rings (SSSR count). The summed E-state index contributed by atoms with van der Waals surface area (Å²) < 4.78 is 91.0. The number of hydrogen-bond acceptors (Lipinski definition) is 8. The summed E-state index contributed by atoms with van der Waals surface area (Å²) in [6.45, 7) is 7.24. The first-order valence-electron chi connectivity index (χ1n) is 13.5. The van der Waals surface area contributed by atoms with E-state index in [9.17, 15) is 26.6 Å². The molecule has 232 valence electrons. The number of rotatable bonds is 15. The summed E-state index contributed by atoms with van der Waals surface area (Å²) in [6.07, 6.45) is 1.39. The van der Waals surface area contributed by atoms with Crippen molar-refractivity contribution in [1.29, 1.82) is 0 Å². The van der Waals surface area contributed by atoms with Crippen molar-refractivity contribution in [3.05, 3.63) is 94.6 Å². The first-order valence-corrected chi connectivity index (χ1v) is 16.7. The quantitative estimate of drug-likeness (QED) is 0.108. The fourth-order valence-electron chi connectivity index (χ4n) is 3.89. The number of esters is 1.